The number of aryl methyl sites for hydroxylation is 1. The highest BCUT2D eigenvalue weighted by atomic mass is 16.5. The first kappa shape index (κ1) is 18.5. The molecule has 2 aliphatic heterocycles. The molecule has 2 aliphatic rings. The molecule has 1 amide bonds. The topological polar surface area (TPSA) is 93.5 Å². The van der Waals surface area contributed by atoms with Gasteiger partial charge in [-0.2, -0.15) is 0 Å². The second-order valence-corrected chi connectivity index (χ2v) is 7.19. The Morgan fingerprint density at radius 1 is 1.18 bits per heavy atom. The van der Waals surface area contributed by atoms with Crippen LogP contribution in [0.5, 0.6) is 0 Å². The van der Waals surface area contributed by atoms with Gasteiger partial charge < -0.3 is 14.5 Å². The van der Waals surface area contributed by atoms with Gasteiger partial charge in [0.15, 0.2) is 0 Å². The van der Waals surface area contributed by atoms with Crippen molar-refractivity contribution < 1.29 is 9.53 Å². The van der Waals surface area contributed by atoms with Crippen LogP contribution in [0.25, 0.3) is 0 Å². The van der Waals surface area contributed by atoms with E-state index in [2.05, 4.69) is 14.9 Å². The summed E-state index contributed by atoms with van der Waals surface area (Å²) >= 11 is 0. The summed E-state index contributed by atoms with van der Waals surface area (Å²) in [5.41, 5.74) is 3.04. The number of fused-ring (bicyclic) bond motifs is 1. The number of amides is 1. The molecule has 0 atom stereocenters. The van der Waals surface area contributed by atoms with Gasteiger partial charge in [-0.15, -0.1) is 0 Å². The average molecular weight is 384 g/mol. The SMILES string of the molecule is Cc1ncn(CC(=O)N2CCc3cnc(N4CCOCC4)nc3C2)c(=O)c1C. The molecule has 0 spiro atoms. The van der Waals surface area contributed by atoms with Crippen LogP contribution in [0, 0.1) is 13.8 Å². The molecule has 1 fully saturated rings. The number of anilines is 1. The molecule has 0 unspecified atom stereocenters. The number of aromatic nitrogens is 4. The van der Waals surface area contributed by atoms with Crippen molar-refractivity contribution in [1.29, 1.82) is 0 Å². The Morgan fingerprint density at radius 2 is 1.96 bits per heavy atom. The molecule has 28 heavy (non-hydrogen) atoms. The zero-order valence-corrected chi connectivity index (χ0v) is 16.2. The van der Waals surface area contributed by atoms with Crippen molar-refractivity contribution in [1.82, 2.24) is 24.4 Å². The van der Waals surface area contributed by atoms with E-state index in [4.69, 9.17) is 9.72 Å². The predicted molar refractivity (Wildman–Crippen MR) is 102 cm³/mol. The fraction of sp³-hybridized carbons (Fsp3) is 0.526. The molecule has 0 aliphatic carbocycles. The van der Waals surface area contributed by atoms with Crippen LogP contribution in [0.2, 0.25) is 0 Å². The third-order valence-corrected chi connectivity index (χ3v) is 5.40. The minimum absolute atomic E-state index is 0.0102. The summed E-state index contributed by atoms with van der Waals surface area (Å²) in [4.78, 5) is 42.4. The van der Waals surface area contributed by atoms with Crippen molar-refractivity contribution in [3.63, 3.8) is 0 Å². The van der Waals surface area contributed by atoms with E-state index in [9.17, 15) is 9.59 Å². The number of hydrogen-bond acceptors (Lipinski definition) is 7. The lowest BCUT2D eigenvalue weighted by Gasteiger charge is -2.31. The summed E-state index contributed by atoms with van der Waals surface area (Å²) in [6.45, 7) is 7.41. The van der Waals surface area contributed by atoms with Crippen LogP contribution in [-0.2, 0) is 29.0 Å². The third-order valence-electron chi connectivity index (χ3n) is 5.40. The monoisotopic (exact) mass is 384 g/mol. The molecule has 4 heterocycles. The Morgan fingerprint density at radius 3 is 2.75 bits per heavy atom. The Hall–Kier alpha value is -2.81. The lowest BCUT2D eigenvalue weighted by Crippen LogP contribution is -2.41. The second-order valence-electron chi connectivity index (χ2n) is 7.19. The van der Waals surface area contributed by atoms with Crippen LogP contribution in [0.15, 0.2) is 17.3 Å². The molecule has 4 rings (SSSR count). The van der Waals surface area contributed by atoms with Crippen molar-refractivity contribution in [2.75, 3.05) is 37.7 Å². The molecule has 0 radical (unpaired) electrons. The first-order valence-corrected chi connectivity index (χ1v) is 9.51. The summed E-state index contributed by atoms with van der Waals surface area (Å²) in [5, 5.41) is 0. The summed E-state index contributed by atoms with van der Waals surface area (Å²) in [6.07, 6.45) is 4.02. The standard InChI is InChI=1S/C19H24N6O3/c1-13-14(2)21-12-25(18(13)27)11-17(26)24-4-3-15-9-20-19(22-16(15)10-24)23-5-7-28-8-6-23/h9,12H,3-8,10-11H2,1-2H3. The molecule has 0 N–H and O–H groups in total. The molecule has 2 aromatic rings. The highest BCUT2D eigenvalue weighted by molar-refractivity contribution is 5.76. The third kappa shape index (κ3) is 3.62. The average Bonchev–Trinajstić information content (AvgIpc) is 2.74. The lowest BCUT2D eigenvalue weighted by molar-refractivity contribution is -0.132. The van der Waals surface area contributed by atoms with Crippen LogP contribution in [0.4, 0.5) is 5.95 Å². The number of rotatable bonds is 3. The van der Waals surface area contributed by atoms with E-state index in [0.717, 1.165) is 24.3 Å². The van der Waals surface area contributed by atoms with Gasteiger partial charge in [-0.3, -0.25) is 14.2 Å². The van der Waals surface area contributed by atoms with Crippen LogP contribution in [0.1, 0.15) is 22.5 Å². The van der Waals surface area contributed by atoms with Crippen molar-refractivity contribution in [2.45, 2.75) is 33.4 Å². The Kier molecular flexibility index (Phi) is 5.08. The van der Waals surface area contributed by atoms with E-state index < -0.39 is 0 Å². The van der Waals surface area contributed by atoms with Gasteiger partial charge in [-0.25, -0.2) is 15.0 Å². The highest BCUT2D eigenvalue weighted by Gasteiger charge is 2.24. The van der Waals surface area contributed by atoms with Gasteiger partial charge in [-0.05, 0) is 25.8 Å². The van der Waals surface area contributed by atoms with E-state index in [-0.39, 0.29) is 18.0 Å². The number of carbonyl (C=O) groups is 1. The van der Waals surface area contributed by atoms with Gasteiger partial charge >= 0.3 is 0 Å². The molecular weight excluding hydrogens is 360 g/mol. The molecule has 0 saturated carbocycles. The largest absolute Gasteiger partial charge is 0.378 e. The van der Waals surface area contributed by atoms with Crippen LogP contribution in [-0.4, -0.2) is 63.2 Å². The van der Waals surface area contributed by atoms with E-state index in [1.165, 1.54) is 10.9 Å². The summed E-state index contributed by atoms with van der Waals surface area (Å²) in [5.74, 6) is 0.579. The number of morpholine rings is 1. The van der Waals surface area contributed by atoms with Gasteiger partial charge in [0, 0.05) is 37.1 Å². The van der Waals surface area contributed by atoms with Crippen molar-refractivity contribution in [3.8, 4) is 0 Å². The van der Waals surface area contributed by atoms with Gasteiger partial charge in [0.05, 0.1) is 31.8 Å². The molecule has 0 aromatic carbocycles. The maximum absolute atomic E-state index is 12.8. The quantitative estimate of drug-likeness (QED) is 0.739. The van der Waals surface area contributed by atoms with Gasteiger partial charge in [0.25, 0.3) is 5.56 Å². The van der Waals surface area contributed by atoms with Gasteiger partial charge in [-0.1, -0.05) is 0 Å². The molecule has 1 saturated heterocycles. The smallest absolute Gasteiger partial charge is 0.256 e. The Labute approximate surface area is 163 Å². The number of carbonyl (C=O) groups excluding carboxylic acids is 1. The first-order valence-electron chi connectivity index (χ1n) is 9.51. The second kappa shape index (κ2) is 7.67. The minimum atomic E-state index is -0.171. The molecular formula is C19H24N6O3. The number of hydrogen-bond donors (Lipinski definition) is 0. The zero-order chi connectivity index (χ0) is 19.7. The summed E-state index contributed by atoms with van der Waals surface area (Å²) in [6, 6.07) is 0. The minimum Gasteiger partial charge on any atom is -0.378 e. The van der Waals surface area contributed by atoms with Crippen molar-refractivity contribution in [2.24, 2.45) is 0 Å². The molecule has 148 valence electrons. The van der Waals surface area contributed by atoms with Gasteiger partial charge in [0.2, 0.25) is 11.9 Å². The fourth-order valence-corrected chi connectivity index (χ4v) is 3.46. The highest BCUT2D eigenvalue weighted by Crippen LogP contribution is 2.20. The number of nitrogens with zero attached hydrogens (tertiary/aromatic N) is 6. The lowest BCUT2D eigenvalue weighted by atomic mass is 10.1. The summed E-state index contributed by atoms with van der Waals surface area (Å²) < 4.78 is 6.76. The molecule has 2 aromatic heterocycles. The van der Waals surface area contributed by atoms with Crippen molar-refractivity contribution >= 4 is 11.9 Å². The fourth-order valence-electron chi connectivity index (χ4n) is 3.46. The first-order chi connectivity index (χ1) is 13.5. The predicted octanol–water partition coefficient (Wildman–Crippen LogP) is 0.0716. The molecule has 9 heteroatoms. The Bertz CT molecular complexity index is 951. The van der Waals surface area contributed by atoms with Gasteiger partial charge in [0.1, 0.15) is 6.54 Å². The van der Waals surface area contributed by atoms with E-state index in [1.807, 2.05) is 6.20 Å². The van der Waals surface area contributed by atoms with E-state index >= 15 is 0 Å². The van der Waals surface area contributed by atoms with Crippen molar-refractivity contribution in [3.05, 3.63) is 45.4 Å². The van der Waals surface area contributed by atoms with E-state index in [0.29, 0.717) is 49.9 Å². The van der Waals surface area contributed by atoms with Crippen LogP contribution in [0.3, 0.4) is 0 Å². The maximum atomic E-state index is 12.8. The maximum Gasteiger partial charge on any atom is 0.256 e. The van der Waals surface area contributed by atoms with E-state index in [1.54, 1.807) is 18.7 Å². The van der Waals surface area contributed by atoms with Crippen LogP contribution >= 0.6 is 0 Å². The summed E-state index contributed by atoms with van der Waals surface area (Å²) in [7, 11) is 0. The van der Waals surface area contributed by atoms with Crippen LogP contribution < -0.4 is 10.5 Å². The Balaban J connectivity index is 1.49. The number of ether oxygens (including phenoxy) is 1. The molecule has 0 bridgehead atoms. The molecule has 9 nitrogen and oxygen atoms in total. The zero-order valence-electron chi connectivity index (χ0n) is 16.2. The normalized spacial score (nSPS) is 16.8.